The van der Waals surface area contributed by atoms with Crippen LogP contribution < -0.4 is 9.80 Å². The van der Waals surface area contributed by atoms with Crippen molar-refractivity contribution in [2.75, 3.05) is 36.0 Å². The van der Waals surface area contributed by atoms with Crippen LogP contribution in [-0.4, -0.2) is 46.1 Å². The number of nitrogens with zero attached hydrogens (tertiary/aromatic N) is 6. The molecule has 0 spiro atoms. The predicted octanol–water partition coefficient (Wildman–Crippen LogP) is 3.86. The lowest BCUT2D eigenvalue weighted by Crippen LogP contribution is -2.47. The molecule has 1 fully saturated rings. The van der Waals surface area contributed by atoms with E-state index in [1.807, 2.05) is 6.92 Å². The quantitative estimate of drug-likeness (QED) is 0.686. The number of anilines is 2. The fraction of sp³-hybridized carbons (Fsp3) is 0.500. The number of piperazine rings is 1. The molecule has 0 radical (unpaired) electrons. The second-order valence-electron chi connectivity index (χ2n) is 7.52. The first kappa shape index (κ1) is 18.1. The van der Waals surface area contributed by atoms with Gasteiger partial charge in [0.2, 0.25) is 0 Å². The van der Waals surface area contributed by atoms with Crippen molar-refractivity contribution < 1.29 is 0 Å². The molecule has 1 aliphatic rings. The average molecular weight is 383 g/mol. The molecule has 1 saturated heterocycles. The average Bonchev–Trinajstić information content (AvgIpc) is 2.95. The third-order valence-electron chi connectivity index (χ3n) is 5.22. The van der Waals surface area contributed by atoms with Gasteiger partial charge in [-0.25, -0.2) is 19.9 Å². The predicted molar refractivity (Wildman–Crippen MR) is 112 cm³/mol. The Morgan fingerprint density at radius 1 is 0.963 bits per heavy atom. The van der Waals surface area contributed by atoms with E-state index in [0.717, 1.165) is 54.2 Å². The van der Waals surface area contributed by atoms with Gasteiger partial charge < -0.3 is 9.80 Å². The Kier molecular flexibility index (Phi) is 4.72. The van der Waals surface area contributed by atoms with Crippen molar-refractivity contribution in [3.8, 4) is 0 Å². The molecule has 0 atom stereocenters. The van der Waals surface area contributed by atoms with Gasteiger partial charge >= 0.3 is 0 Å². The third-order valence-corrected chi connectivity index (χ3v) is 6.34. The molecule has 3 aromatic heterocycles. The lowest BCUT2D eigenvalue weighted by molar-refractivity contribution is 0.637. The molecule has 0 bridgehead atoms. The molecule has 0 unspecified atom stereocenters. The summed E-state index contributed by atoms with van der Waals surface area (Å²) in [5.74, 6) is 3.38. The maximum absolute atomic E-state index is 4.79. The van der Waals surface area contributed by atoms with Crippen LogP contribution in [0.25, 0.3) is 10.2 Å². The Morgan fingerprint density at radius 2 is 1.67 bits per heavy atom. The number of fused-ring (bicyclic) bond motifs is 1. The van der Waals surface area contributed by atoms with Gasteiger partial charge in [-0.2, -0.15) is 0 Å². The van der Waals surface area contributed by atoms with Crippen molar-refractivity contribution in [1.29, 1.82) is 0 Å². The molecule has 142 valence electrons. The number of hydrogen-bond acceptors (Lipinski definition) is 7. The van der Waals surface area contributed by atoms with Gasteiger partial charge in [0.1, 0.15) is 28.6 Å². The van der Waals surface area contributed by atoms with Gasteiger partial charge in [-0.1, -0.05) is 13.8 Å². The van der Waals surface area contributed by atoms with Gasteiger partial charge in [0.25, 0.3) is 0 Å². The van der Waals surface area contributed by atoms with Gasteiger partial charge in [-0.3, -0.25) is 0 Å². The van der Waals surface area contributed by atoms with Crippen LogP contribution in [0.4, 0.5) is 11.6 Å². The number of aryl methyl sites for hydroxylation is 3. The molecule has 27 heavy (non-hydrogen) atoms. The van der Waals surface area contributed by atoms with E-state index in [0.29, 0.717) is 5.92 Å². The normalized spacial score (nSPS) is 15.2. The van der Waals surface area contributed by atoms with Gasteiger partial charge in [0, 0.05) is 48.7 Å². The van der Waals surface area contributed by atoms with E-state index in [4.69, 9.17) is 4.98 Å². The summed E-state index contributed by atoms with van der Waals surface area (Å²) in [6.45, 7) is 14.4. The standard InChI is InChI=1S/C20H26N6S/c1-12(2)18-23-13(3)10-16(24-18)25-6-8-26(9-7-25)19-17-14(4)15(5)27-20(17)22-11-21-19/h10-12H,6-9H2,1-5H3. The van der Waals surface area contributed by atoms with E-state index in [9.17, 15) is 0 Å². The highest BCUT2D eigenvalue weighted by Crippen LogP contribution is 2.34. The van der Waals surface area contributed by atoms with E-state index in [1.165, 1.54) is 15.8 Å². The zero-order valence-corrected chi connectivity index (χ0v) is 17.5. The Balaban J connectivity index is 1.57. The molecule has 1 aliphatic heterocycles. The van der Waals surface area contributed by atoms with Crippen LogP contribution in [0, 0.1) is 20.8 Å². The Hall–Kier alpha value is -2.28. The Bertz CT molecular complexity index is 972. The molecule has 0 saturated carbocycles. The Labute approximate surface area is 164 Å². The SMILES string of the molecule is Cc1cc(N2CCN(c3ncnc4sc(C)c(C)c34)CC2)nc(C(C)C)n1. The highest BCUT2D eigenvalue weighted by molar-refractivity contribution is 7.18. The summed E-state index contributed by atoms with van der Waals surface area (Å²) in [5.41, 5.74) is 2.34. The van der Waals surface area contributed by atoms with Crippen LogP contribution in [0.5, 0.6) is 0 Å². The van der Waals surface area contributed by atoms with Gasteiger partial charge in [0.05, 0.1) is 5.39 Å². The van der Waals surface area contributed by atoms with Crippen LogP contribution >= 0.6 is 11.3 Å². The van der Waals surface area contributed by atoms with Crippen LogP contribution in [0.2, 0.25) is 0 Å². The summed E-state index contributed by atoms with van der Waals surface area (Å²) in [6.07, 6.45) is 1.70. The molecule has 0 N–H and O–H groups in total. The monoisotopic (exact) mass is 382 g/mol. The summed E-state index contributed by atoms with van der Waals surface area (Å²) in [4.78, 5) is 25.6. The molecule has 0 aliphatic carbocycles. The molecule has 0 amide bonds. The minimum atomic E-state index is 0.337. The first-order chi connectivity index (χ1) is 12.9. The lowest BCUT2D eigenvalue weighted by Gasteiger charge is -2.36. The lowest BCUT2D eigenvalue weighted by atomic mass is 10.2. The van der Waals surface area contributed by atoms with E-state index in [1.54, 1.807) is 17.7 Å². The van der Waals surface area contributed by atoms with Crippen LogP contribution in [-0.2, 0) is 0 Å². The molecular formula is C20H26N6S. The fourth-order valence-electron chi connectivity index (χ4n) is 3.55. The summed E-state index contributed by atoms with van der Waals surface area (Å²) >= 11 is 1.76. The van der Waals surface area contributed by atoms with E-state index in [2.05, 4.69) is 58.5 Å². The molecule has 4 heterocycles. The number of rotatable bonds is 3. The largest absolute Gasteiger partial charge is 0.353 e. The maximum Gasteiger partial charge on any atom is 0.141 e. The number of hydrogen-bond donors (Lipinski definition) is 0. The summed E-state index contributed by atoms with van der Waals surface area (Å²) in [7, 11) is 0. The van der Waals surface area contributed by atoms with E-state index < -0.39 is 0 Å². The van der Waals surface area contributed by atoms with E-state index >= 15 is 0 Å². The fourth-order valence-corrected chi connectivity index (χ4v) is 4.54. The summed E-state index contributed by atoms with van der Waals surface area (Å²) < 4.78 is 0. The molecule has 3 aromatic rings. The minimum Gasteiger partial charge on any atom is -0.353 e. The number of thiophene rings is 1. The van der Waals surface area contributed by atoms with Crippen LogP contribution in [0.1, 0.15) is 41.7 Å². The molecule has 4 rings (SSSR count). The van der Waals surface area contributed by atoms with Gasteiger partial charge in [0.15, 0.2) is 0 Å². The molecular weight excluding hydrogens is 356 g/mol. The highest BCUT2D eigenvalue weighted by Gasteiger charge is 2.23. The molecule has 7 heteroatoms. The van der Waals surface area contributed by atoms with Crippen LogP contribution in [0.15, 0.2) is 12.4 Å². The topological polar surface area (TPSA) is 58.0 Å². The number of aromatic nitrogens is 4. The zero-order chi connectivity index (χ0) is 19.1. The van der Waals surface area contributed by atoms with Gasteiger partial charge in [-0.15, -0.1) is 11.3 Å². The van der Waals surface area contributed by atoms with Crippen molar-refractivity contribution in [1.82, 2.24) is 19.9 Å². The highest BCUT2D eigenvalue weighted by atomic mass is 32.1. The summed E-state index contributed by atoms with van der Waals surface area (Å²) in [6, 6.07) is 2.09. The maximum atomic E-state index is 4.79. The van der Waals surface area contributed by atoms with Gasteiger partial charge in [-0.05, 0) is 26.3 Å². The van der Waals surface area contributed by atoms with Crippen LogP contribution in [0.3, 0.4) is 0 Å². The van der Waals surface area contributed by atoms with E-state index in [-0.39, 0.29) is 0 Å². The first-order valence-electron chi connectivity index (χ1n) is 9.50. The third kappa shape index (κ3) is 3.36. The minimum absolute atomic E-state index is 0.337. The Morgan fingerprint density at radius 3 is 2.37 bits per heavy atom. The van der Waals surface area contributed by atoms with Crippen molar-refractivity contribution in [2.24, 2.45) is 0 Å². The zero-order valence-electron chi connectivity index (χ0n) is 16.7. The summed E-state index contributed by atoms with van der Waals surface area (Å²) in [5, 5.41) is 1.22. The smallest absolute Gasteiger partial charge is 0.141 e. The van der Waals surface area contributed by atoms with Crippen molar-refractivity contribution in [3.05, 3.63) is 34.4 Å². The van der Waals surface area contributed by atoms with Crippen molar-refractivity contribution >= 4 is 33.2 Å². The molecule has 6 nitrogen and oxygen atoms in total. The molecule has 0 aromatic carbocycles. The second kappa shape index (κ2) is 7.03. The van der Waals surface area contributed by atoms with Crippen molar-refractivity contribution in [3.63, 3.8) is 0 Å². The van der Waals surface area contributed by atoms with Crippen molar-refractivity contribution in [2.45, 2.75) is 40.5 Å². The first-order valence-corrected chi connectivity index (χ1v) is 10.3. The second-order valence-corrected chi connectivity index (χ2v) is 8.72.